The lowest BCUT2D eigenvalue weighted by molar-refractivity contribution is 0.0423. The molecule has 0 unspecified atom stereocenters. The molecule has 1 aliphatic heterocycles. The molecule has 0 radical (unpaired) electrons. The van der Waals surface area contributed by atoms with E-state index in [4.69, 9.17) is 4.74 Å². The molecule has 3 rings (SSSR count). The first-order valence-electron chi connectivity index (χ1n) is 8.86. The Morgan fingerprint density at radius 1 is 1.04 bits per heavy atom. The summed E-state index contributed by atoms with van der Waals surface area (Å²) in [6, 6.07) is 8.15. The quantitative estimate of drug-likeness (QED) is 0.859. The van der Waals surface area contributed by atoms with Gasteiger partial charge in [-0.05, 0) is 43.0 Å². The smallest absolute Gasteiger partial charge is 0.253 e. The summed E-state index contributed by atoms with van der Waals surface area (Å²) in [5.41, 5.74) is 0.755. The number of carbonyl (C=O) groups is 1. The van der Waals surface area contributed by atoms with Crippen molar-refractivity contribution < 1.29 is 9.53 Å². The first-order chi connectivity index (χ1) is 11.2. The van der Waals surface area contributed by atoms with E-state index in [1.165, 1.54) is 25.7 Å². The lowest BCUT2D eigenvalue weighted by Crippen LogP contribution is -2.53. The van der Waals surface area contributed by atoms with E-state index < -0.39 is 0 Å². The molecule has 1 aromatic carbocycles. The highest BCUT2D eigenvalue weighted by molar-refractivity contribution is 5.94. The van der Waals surface area contributed by atoms with Gasteiger partial charge >= 0.3 is 0 Å². The van der Waals surface area contributed by atoms with Crippen molar-refractivity contribution in [2.24, 2.45) is 5.92 Å². The maximum Gasteiger partial charge on any atom is 0.253 e. The Hall–Kier alpha value is -1.55. The van der Waals surface area contributed by atoms with Crippen LogP contribution in [0.3, 0.4) is 0 Å². The van der Waals surface area contributed by atoms with Crippen molar-refractivity contribution in [3.8, 4) is 5.75 Å². The van der Waals surface area contributed by atoms with Crippen LogP contribution in [0.5, 0.6) is 5.75 Å². The summed E-state index contributed by atoms with van der Waals surface area (Å²) in [6.07, 6.45) is 5.43. The molecule has 1 aromatic rings. The number of piperazine rings is 1. The number of rotatable bonds is 3. The van der Waals surface area contributed by atoms with Gasteiger partial charge in [-0.15, -0.1) is 0 Å². The van der Waals surface area contributed by atoms with Crippen molar-refractivity contribution in [2.45, 2.75) is 38.6 Å². The van der Waals surface area contributed by atoms with E-state index in [-0.39, 0.29) is 5.91 Å². The molecule has 0 bridgehead atoms. The number of methoxy groups -OCH3 is 1. The minimum Gasteiger partial charge on any atom is -0.497 e. The molecule has 2 fully saturated rings. The zero-order valence-electron chi connectivity index (χ0n) is 14.3. The van der Waals surface area contributed by atoms with Gasteiger partial charge in [0.1, 0.15) is 5.75 Å². The molecular formula is C19H28N2O2. The van der Waals surface area contributed by atoms with Gasteiger partial charge in [-0.2, -0.15) is 0 Å². The number of hydrogen-bond donors (Lipinski definition) is 0. The molecule has 4 nitrogen and oxygen atoms in total. The number of hydrogen-bond acceptors (Lipinski definition) is 3. The molecule has 126 valence electrons. The van der Waals surface area contributed by atoms with Crippen molar-refractivity contribution in [3.05, 3.63) is 29.8 Å². The van der Waals surface area contributed by atoms with Crippen LogP contribution in [0.2, 0.25) is 0 Å². The maximum atomic E-state index is 12.6. The fourth-order valence-corrected chi connectivity index (χ4v) is 4.01. The summed E-state index contributed by atoms with van der Waals surface area (Å²) in [6.45, 7) is 6.09. The second-order valence-electron chi connectivity index (χ2n) is 6.89. The fourth-order valence-electron chi connectivity index (χ4n) is 4.01. The van der Waals surface area contributed by atoms with Crippen molar-refractivity contribution in [3.63, 3.8) is 0 Å². The van der Waals surface area contributed by atoms with Crippen LogP contribution >= 0.6 is 0 Å². The van der Waals surface area contributed by atoms with Crippen LogP contribution in [0.15, 0.2) is 24.3 Å². The summed E-state index contributed by atoms with van der Waals surface area (Å²) in [5.74, 6) is 1.73. The number of amides is 1. The zero-order valence-corrected chi connectivity index (χ0v) is 14.3. The first-order valence-corrected chi connectivity index (χ1v) is 8.86. The van der Waals surface area contributed by atoms with E-state index in [1.54, 1.807) is 7.11 Å². The van der Waals surface area contributed by atoms with E-state index in [2.05, 4.69) is 11.8 Å². The maximum absolute atomic E-state index is 12.6. The Morgan fingerprint density at radius 2 is 1.70 bits per heavy atom. The van der Waals surface area contributed by atoms with Crippen LogP contribution < -0.4 is 4.74 Å². The minimum atomic E-state index is 0.143. The van der Waals surface area contributed by atoms with Gasteiger partial charge in [0.05, 0.1) is 7.11 Å². The topological polar surface area (TPSA) is 32.8 Å². The van der Waals surface area contributed by atoms with Crippen LogP contribution in [0.25, 0.3) is 0 Å². The Balaban J connectivity index is 1.56. The van der Waals surface area contributed by atoms with Gasteiger partial charge in [0.15, 0.2) is 0 Å². The number of nitrogens with zero attached hydrogens (tertiary/aromatic N) is 2. The van der Waals surface area contributed by atoms with Crippen LogP contribution in [0.1, 0.15) is 43.0 Å². The number of benzene rings is 1. The molecular weight excluding hydrogens is 288 g/mol. The van der Waals surface area contributed by atoms with Crippen LogP contribution in [-0.4, -0.2) is 55.0 Å². The summed E-state index contributed by atoms with van der Waals surface area (Å²) in [4.78, 5) is 17.2. The lowest BCUT2D eigenvalue weighted by atomic mass is 9.84. The molecule has 2 atom stereocenters. The molecule has 0 N–H and O–H groups in total. The molecule has 4 heteroatoms. The molecule has 23 heavy (non-hydrogen) atoms. The number of ether oxygens (including phenoxy) is 1. The van der Waals surface area contributed by atoms with Crippen molar-refractivity contribution in [1.29, 1.82) is 0 Å². The van der Waals surface area contributed by atoms with Crippen LogP contribution in [0.4, 0.5) is 0 Å². The summed E-state index contributed by atoms with van der Waals surface area (Å²) in [5, 5.41) is 0. The highest BCUT2D eigenvalue weighted by atomic mass is 16.5. The van der Waals surface area contributed by atoms with Gasteiger partial charge in [0, 0.05) is 37.8 Å². The monoisotopic (exact) mass is 316 g/mol. The molecule has 2 aliphatic rings. The Labute approximate surface area is 139 Å². The van der Waals surface area contributed by atoms with Gasteiger partial charge in [-0.1, -0.05) is 19.8 Å². The highest BCUT2D eigenvalue weighted by Crippen LogP contribution is 2.28. The zero-order chi connectivity index (χ0) is 16.2. The highest BCUT2D eigenvalue weighted by Gasteiger charge is 2.30. The largest absolute Gasteiger partial charge is 0.497 e. The fraction of sp³-hybridized carbons (Fsp3) is 0.632. The molecule has 1 aliphatic carbocycles. The molecule has 0 spiro atoms. The van der Waals surface area contributed by atoms with E-state index >= 15 is 0 Å². The third-order valence-electron chi connectivity index (χ3n) is 5.47. The van der Waals surface area contributed by atoms with Crippen molar-refractivity contribution in [1.82, 2.24) is 9.80 Å². The van der Waals surface area contributed by atoms with E-state index in [0.717, 1.165) is 49.5 Å². The predicted octanol–water partition coefficient (Wildman–Crippen LogP) is 3.03. The Kier molecular flexibility index (Phi) is 5.21. The van der Waals surface area contributed by atoms with E-state index in [0.29, 0.717) is 0 Å². The summed E-state index contributed by atoms with van der Waals surface area (Å²) in [7, 11) is 1.64. The van der Waals surface area contributed by atoms with Crippen molar-refractivity contribution >= 4 is 5.91 Å². The van der Waals surface area contributed by atoms with Gasteiger partial charge < -0.3 is 9.64 Å². The van der Waals surface area contributed by atoms with E-state index in [9.17, 15) is 4.79 Å². The standard InChI is InChI=1S/C19H28N2O2/c1-15-5-3-4-6-18(15)20-11-13-21(14-12-20)19(22)16-7-9-17(23-2)10-8-16/h7-10,15,18H,3-6,11-14H2,1-2H3/t15-,18+/m1/s1. The average molecular weight is 316 g/mol. The summed E-state index contributed by atoms with van der Waals surface area (Å²) < 4.78 is 5.15. The van der Waals surface area contributed by atoms with Gasteiger partial charge in [0.25, 0.3) is 5.91 Å². The number of carbonyl (C=O) groups excluding carboxylic acids is 1. The van der Waals surface area contributed by atoms with Crippen LogP contribution in [0, 0.1) is 5.92 Å². The second-order valence-corrected chi connectivity index (χ2v) is 6.89. The molecule has 1 amide bonds. The third-order valence-corrected chi connectivity index (χ3v) is 5.47. The van der Waals surface area contributed by atoms with Crippen molar-refractivity contribution in [2.75, 3.05) is 33.3 Å². The van der Waals surface area contributed by atoms with Gasteiger partial charge in [-0.3, -0.25) is 9.69 Å². The molecule has 1 heterocycles. The van der Waals surface area contributed by atoms with E-state index in [1.807, 2.05) is 29.2 Å². The van der Waals surface area contributed by atoms with Crippen LogP contribution in [-0.2, 0) is 0 Å². The SMILES string of the molecule is COc1ccc(C(=O)N2CCN([C@H]3CCCC[C@H]3C)CC2)cc1. The first kappa shape index (κ1) is 16.3. The third kappa shape index (κ3) is 3.69. The van der Waals surface area contributed by atoms with Gasteiger partial charge in [-0.25, -0.2) is 0 Å². The van der Waals surface area contributed by atoms with Gasteiger partial charge in [0.2, 0.25) is 0 Å². The second kappa shape index (κ2) is 7.35. The Morgan fingerprint density at radius 3 is 2.30 bits per heavy atom. The Bertz CT molecular complexity index is 521. The lowest BCUT2D eigenvalue weighted by Gasteiger charge is -2.43. The normalized spacial score (nSPS) is 26.1. The molecule has 0 aromatic heterocycles. The average Bonchev–Trinajstić information content (AvgIpc) is 2.62. The minimum absolute atomic E-state index is 0.143. The molecule has 1 saturated heterocycles. The summed E-state index contributed by atoms with van der Waals surface area (Å²) >= 11 is 0. The molecule has 1 saturated carbocycles. The predicted molar refractivity (Wildman–Crippen MR) is 91.9 cm³/mol.